The van der Waals surface area contributed by atoms with Crippen molar-refractivity contribution in [2.75, 3.05) is 46.1 Å². The Morgan fingerprint density at radius 3 is 2.39 bits per heavy atom. The van der Waals surface area contributed by atoms with Gasteiger partial charge in [0, 0.05) is 37.7 Å². The van der Waals surface area contributed by atoms with Crippen molar-refractivity contribution in [1.29, 1.82) is 0 Å². The van der Waals surface area contributed by atoms with Crippen molar-refractivity contribution in [3.63, 3.8) is 0 Å². The Morgan fingerprint density at radius 1 is 0.929 bits per heavy atom. The number of fused-ring (bicyclic) bond motifs is 1. The van der Waals surface area contributed by atoms with E-state index >= 15 is 0 Å². The van der Waals surface area contributed by atoms with Gasteiger partial charge in [-0.1, -0.05) is 19.3 Å². The van der Waals surface area contributed by atoms with Crippen molar-refractivity contribution < 1.29 is 22.6 Å². The first-order valence-corrected chi connectivity index (χ1v) is 11.8. The second-order valence-electron chi connectivity index (χ2n) is 7.87. The third-order valence-electron chi connectivity index (χ3n) is 6.09. The Balaban J connectivity index is 1.51. The zero-order valence-electron chi connectivity index (χ0n) is 16.3. The van der Waals surface area contributed by atoms with Crippen molar-refractivity contribution in [2.24, 2.45) is 0 Å². The van der Waals surface area contributed by atoms with Crippen molar-refractivity contribution in [3.05, 3.63) is 18.2 Å². The van der Waals surface area contributed by atoms with Gasteiger partial charge in [0.15, 0.2) is 11.5 Å². The lowest BCUT2D eigenvalue weighted by atomic mass is 9.80. The second-order valence-corrected chi connectivity index (χ2v) is 9.63. The third kappa shape index (κ3) is 4.30. The first-order chi connectivity index (χ1) is 13.6. The average molecular weight is 411 g/mol. The molecule has 0 amide bonds. The Morgan fingerprint density at radius 2 is 1.64 bits per heavy atom. The van der Waals surface area contributed by atoms with Crippen LogP contribution in [0.2, 0.25) is 0 Å². The van der Waals surface area contributed by atoms with E-state index < -0.39 is 10.0 Å². The van der Waals surface area contributed by atoms with Gasteiger partial charge in [0.2, 0.25) is 10.0 Å². The number of benzene rings is 1. The molecule has 7 nitrogen and oxygen atoms in total. The van der Waals surface area contributed by atoms with E-state index in [0.717, 1.165) is 58.4 Å². The summed E-state index contributed by atoms with van der Waals surface area (Å²) in [5, 5.41) is 0. The smallest absolute Gasteiger partial charge is 0.240 e. The van der Waals surface area contributed by atoms with Crippen LogP contribution >= 0.6 is 0 Å². The molecule has 0 aromatic heterocycles. The first-order valence-electron chi connectivity index (χ1n) is 10.3. The number of rotatable bonds is 5. The van der Waals surface area contributed by atoms with Gasteiger partial charge in [-0.15, -0.1) is 0 Å². The normalized spacial score (nSPS) is 23.1. The lowest BCUT2D eigenvalue weighted by Gasteiger charge is -2.48. The number of hydrogen-bond acceptors (Lipinski definition) is 6. The molecule has 1 aromatic carbocycles. The molecule has 0 bridgehead atoms. The molecule has 0 atom stereocenters. The summed E-state index contributed by atoms with van der Waals surface area (Å²) in [5.41, 5.74) is -0.111. The zero-order chi connectivity index (χ0) is 19.5. The molecule has 1 saturated carbocycles. The van der Waals surface area contributed by atoms with Gasteiger partial charge < -0.3 is 14.2 Å². The SMILES string of the molecule is O=S(=O)(NCC1(N2CCOCC2)CCCCC1)c1ccc2c(c1)OCCCO2. The summed E-state index contributed by atoms with van der Waals surface area (Å²) in [4.78, 5) is 2.66. The predicted molar refractivity (Wildman–Crippen MR) is 105 cm³/mol. The molecular formula is C20H30N2O5S. The molecule has 0 unspecified atom stereocenters. The maximum atomic E-state index is 13.0. The highest BCUT2D eigenvalue weighted by atomic mass is 32.2. The number of ether oxygens (including phenoxy) is 3. The van der Waals surface area contributed by atoms with Crippen molar-refractivity contribution in [3.8, 4) is 11.5 Å². The van der Waals surface area contributed by atoms with Crippen LogP contribution in [0.4, 0.5) is 0 Å². The van der Waals surface area contributed by atoms with E-state index in [9.17, 15) is 8.42 Å². The number of hydrogen-bond donors (Lipinski definition) is 1. The van der Waals surface area contributed by atoms with E-state index in [1.807, 2.05) is 0 Å². The van der Waals surface area contributed by atoms with Crippen LogP contribution in [0.5, 0.6) is 11.5 Å². The van der Waals surface area contributed by atoms with Crippen molar-refractivity contribution >= 4 is 10.0 Å². The van der Waals surface area contributed by atoms with Gasteiger partial charge in [0.25, 0.3) is 0 Å². The molecule has 8 heteroatoms. The summed E-state index contributed by atoms with van der Waals surface area (Å²) in [6.07, 6.45) is 6.34. The van der Waals surface area contributed by atoms with Crippen LogP contribution < -0.4 is 14.2 Å². The van der Waals surface area contributed by atoms with Gasteiger partial charge >= 0.3 is 0 Å². The fraction of sp³-hybridized carbons (Fsp3) is 0.700. The molecule has 1 N–H and O–H groups in total. The lowest BCUT2D eigenvalue weighted by molar-refractivity contribution is -0.0348. The van der Waals surface area contributed by atoms with E-state index in [2.05, 4.69) is 9.62 Å². The summed E-state index contributed by atoms with van der Waals surface area (Å²) in [6, 6.07) is 4.86. The van der Waals surface area contributed by atoms with Gasteiger partial charge in [0.1, 0.15) is 0 Å². The summed E-state index contributed by atoms with van der Waals surface area (Å²) in [7, 11) is -3.63. The van der Waals surface area contributed by atoms with Gasteiger partial charge in [-0.05, 0) is 25.0 Å². The minimum atomic E-state index is -3.63. The minimum Gasteiger partial charge on any atom is -0.490 e. The maximum Gasteiger partial charge on any atom is 0.240 e. The molecule has 2 aliphatic heterocycles. The molecular weight excluding hydrogens is 380 g/mol. The molecule has 0 spiro atoms. The van der Waals surface area contributed by atoms with E-state index in [1.54, 1.807) is 18.2 Å². The van der Waals surface area contributed by atoms with Gasteiger partial charge in [-0.3, -0.25) is 4.90 Å². The fourth-order valence-corrected chi connectivity index (χ4v) is 5.61. The summed E-state index contributed by atoms with van der Waals surface area (Å²) >= 11 is 0. The largest absolute Gasteiger partial charge is 0.490 e. The first kappa shape index (κ1) is 19.9. The highest BCUT2D eigenvalue weighted by molar-refractivity contribution is 7.89. The molecule has 28 heavy (non-hydrogen) atoms. The molecule has 4 rings (SSSR count). The Bertz CT molecular complexity index is 771. The molecule has 2 fully saturated rings. The highest BCUT2D eigenvalue weighted by Crippen LogP contribution is 2.35. The Labute approximate surface area is 167 Å². The number of nitrogens with one attached hydrogen (secondary N) is 1. The van der Waals surface area contributed by atoms with E-state index in [4.69, 9.17) is 14.2 Å². The monoisotopic (exact) mass is 410 g/mol. The van der Waals surface area contributed by atoms with E-state index in [-0.39, 0.29) is 10.4 Å². The molecule has 2 heterocycles. The van der Waals surface area contributed by atoms with Crippen LogP contribution in [-0.2, 0) is 14.8 Å². The van der Waals surface area contributed by atoms with Crippen molar-refractivity contribution in [2.45, 2.75) is 49.0 Å². The average Bonchev–Trinajstić information content (AvgIpc) is 2.99. The van der Waals surface area contributed by atoms with Crippen LogP contribution in [0, 0.1) is 0 Å². The lowest BCUT2D eigenvalue weighted by Crippen LogP contribution is -2.59. The van der Waals surface area contributed by atoms with Gasteiger partial charge in [0.05, 0.1) is 31.3 Å². The zero-order valence-corrected chi connectivity index (χ0v) is 17.1. The van der Waals surface area contributed by atoms with Gasteiger partial charge in [-0.25, -0.2) is 13.1 Å². The van der Waals surface area contributed by atoms with Crippen LogP contribution in [0.15, 0.2) is 23.1 Å². The quantitative estimate of drug-likeness (QED) is 0.802. The molecule has 1 saturated heterocycles. The Kier molecular flexibility index (Phi) is 6.10. The fourth-order valence-electron chi connectivity index (χ4n) is 4.48. The van der Waals surface area contributed by atoms with Crippen LogP contribution in [0.1, 0.15) is 38.5 Å². The Hall–Kier alpha value is -1.35. The number of morpholine rings is 1. The summed E-state index contributed by atoms with van der Waals surface area (Å²) in [5.74, 6) is 1.11. The highest BCUT2D eigenvalue weighted by Gasteiger charge is 2.39. The van der Waals surface area contributed by atoms with Gasteiger partial charge in [-0.2, -0.15) is 0 Å². The minimum absolute atomic E-state index is 0.111. The van der Waals surface area contributed by atoms with E-state index in [1.165, 1.54) is 6.42 Å². The van der Waals surface area contributed by atoms with Crippen LogP contribution in [0.3, 0.4) is 0 Å². The van der Waals surface area contributed by atoms with Crippen molar-refractivity contribution in [1.82, 2.24) is 9.62 Å². The topological polar surface area (TPSA) is 77.1 Å². The molecule has 156 valence electrons. The van der Waals surface area contributed by atoms with Crippen LogP contribution in [-0.4, -0.2) is 64.9 Å². The maximum absolute atomic E-state index is 13.0. The second kappa shape index (κ2) is 8.57. The summed E-state index contributed by atoms with van der Waals surface area (Å²) < 4.78 is 45.7. The third-order valence-corrected chi connectivity index (χ3v) is 7.49. The number of nitrogens with zero attached hydrogens (tertiary/aromatic N) is 1. The predicted octanol–water partition coefficient (Wildman–Crippen LogP) is 2.16. The van der Waals surface area contributed by atoms with E-state index in [0.29, 0.717) is 31.3 Å². The molecule has 1 aliphatic carbocycles. The number of sulfonamides is 1. The summed E-state index contributed by atoms with van der Waals surface area (Å²) in [6.45, 7) is 4.72. The molecule has 0 radical (unpaired) electrons. The standard InChI is InChI=1S/C20H30N2O5S/c23-28(24,17-5-6-18-19(15-17)27-12-4-11-26-18)21-16-20(7-2-1-3-8-20)22-9-13-25-14-10-22/h5-6,15,21H,1-4,7-14,16H2. The molecule has 3 aliphatic rings. The molecule has 1 aromatic rings. The van der Waals surface area contributed by atoms with Crippen LogP contribution in [0.25, 0.3) is 0 Å².